The van der Waals surface area contributed by atoms with Crippen molar-refractivity contribution in [3.05, 3.63) is 88.9 Å². The minimum absolute atomic E-state index is 0.308. The number of ether oxygens (including phenoxy) is 2. The van der Waals surface area contributed by atoms with E-state index < -0.39 is 5.97 Å². The third-order valence-corrected chi connectivity index (χ3v) is 5.70. The van der Waals surface area contributed by atoms with E-state index in [-0.39, 0.29) is 0 Å². The predicted octanol–water partition coefficient (Wildman–Crippen LogP) is 5.23. The van der Waals surface area contributed by atoms with E-state index in [1.54, 1.807) is 24.3 Å². The molecule has 0 saturated carbocycles. The van der Waals surface area contributed by atoms with E-state index in [9.17, 15) is 4.79 Å². The van der Waals surface area contributed by atoms with Crippen LogP contribution in [0.1, 0.15) is 15.9 Å². The second-order valence-corrected chi connectivity index (χ2v) is 7.68. The van der Waals surface area contributed by atoms with Crippen molar-refractivity contribution in [1.29, 1.82) is 0 Å². The van der Waals surface area contributed by atoms with E-state index in [0.29, 0.717) is 29.5 Å². The molecule has 0 aromatic heterocycles. The monoisotopic (exact) mass is 437 g/mol. The largest absolute Gasteiger partial charge is 0.421 e. The molecule has 0 bridgehead atoms. The maximum atomic E-state index is 12.6. The van der Waals surface area contributed by atoms with Gasteiger partial charge in [0.25, 0.3) is 0 Å². The maximum Gasteiger partial charge on any atom is 0.343 e. The van der Waals surface area contributed by atoms with Crippen molar-refractivity contribution in [3.63, 3.8) is 0 Å². The Kier molecular flexibility index (Phi) is 6.43. The Morgan fingerprint density at radius 2 is 1.53 bits per heavy atom. The smallest absolute Gasteiger partial charge is 0.343 e. The second-order valence-electron chi connectivity index (χ2n) is 6.88. The third kappa shape index (κ3) is 4.70. The summed E-state index contributed by atoms with van der Waals surface area (Å²) in [5.74, 6) is -0.151. The first-order valence-corrected chi connectivity index (χ1v) is 10.4. The van der Waals surface area contributed by atoms with E-state index in [1.807, 2.05) is 48.5 Å². The molecular weight excluding hydrogens is 418 g/mol. The van der Waals surface area contributed by atoms with Gasteiger partial charge >= 0.3 is 5.97 Å². The number of rotatable bonds is 4. The standard InChI is InChI=1S/C24H20ClNO3S/c25-21-16-20(23(30)26-12-14-28-15-13-26)10-11-22(21)29-24(27)19-8-6-18(7-9-19)17-4-2-1-3-5-17/h1-11,16H,12-15H2. The highest BCUT2D eigenvalue weighted by atomic mass is 35.5. The van der Waals surface area contributed by atoms with Crippen molar-refractivity contribution in [2.45, 2.75) is 0 Å². The Morgan fingerprint density at radius 1 is 0.900 bits per heavy atom. The molecule has 0 N–H and O–H groups in total. The quantitative estimate of drug-likeness (QED) is 0.317. The molecule has 0 unspecified atom stereocenters. The number of halogens is 1. The summed E-state index contributed by atoms with van der Waals surface area (Å²) in [7, 11) is 0. The van der Waals surface area contributed by atoms with Crippen LogP contribution in [0.3, 0.4) is 0 Å². The first kappa shape index (κ1) is 20.5. The summed E-state index contributed by atoms with van der Waals surface area (Å²) in [6.45, 7) is 2.83. The van der Waals surface area contributed by atoms with Crippen LogP contribution in [0.5, 0.6) is 5.75 Å². The Bertz CT molecular complexity index is 1050. The first-order valence-electron chi connectivity index (χ1n) is 9.66. The lowest BCUT2D eigenvalue weighted by atomic mass is 10.0. The Hall–Kier alpha value is -2.73. The van der Waals surface area contributed by atoms with Gasteiger partial charge in [0.2, 0.25) is 0 Å². The molecule has 6 heteroatoms. The molecule has 1 fully saturated rings. The SMILES string of the molecule is O=C(Oc1ccc(C(=S)N2CCOCC2)cc1Cl)c1ccc(-c2ccccc2)cc1. The van der Waals surface area contributed by atoms with E-state index >= 15 is 0 Å². The van der Waals surface area contributed by atoms with Gasteiger partial charge in [-0.15, -0.1) is 0 Å². The van der Waals surface area contributed by atoms with Crippen LogP contribution >= 0.6 is 23.8 Å². The molecule has 0 atom stereocenters. The second kappa shape index (κ2) is 9.39. The Morgan fingerprint density at radius 3 is 2.20 bits per heavy atom. The molecule has 1 aliphatic rings. The van der Waals surface area contributed by atoms with Crippen LogP contribution in [-0.4, -0.2) is 42.2 Å². The Balaban J connectivity index is 1.44. The number of carbonyl (C=O) groups is 1. The number of thiocarbonyl (C=S) groups is 1. The first-order chi connectivity index (χ1) is 14.6. The molecule has 1 heterocycles. The van der Waals surface area contributed by atoms with Crippen LogP contribution in [-0.2, 0) is 4.74 Å². The molecule has 0 radical (unpaired) electrons. The van der Waals surface area contributed by atoms with Crippen molar-refractivity contribution in [3.8, 4) is 16.9 Å². The van der Waals surface area contributed by atoms with Gasteiger partial charge in [0.15, 0.2) is 0 Å². The van der Waals surface area contributed by atoms with Crippen molar-refractivity contribution in [2.75, 3.05) is 26.3 Å². The van der Waals surface area contributed by atoms with Gasteiger partial charge in [-0.2, -0.15) is 0 Å². The van der Waals surface area contributed by atoms with Crippen LogP contribution in [0.2, 0.25) is 5.02 Å². The highest BCUT2D eigenvalue weighted by Gasteiger charge is 2.17. The number of hydrogen-bond acceptors (Lipinski definition) is 4. The van der Waals surface area contributed by atoms with E-state index in [1.165, 1.54) is 0 Å². The van der Waals surface area contributed by atoms with Crippen LogP contribution in [0.25, 0.3) is 11.1 Å². The molecule has 1 saturated heterocycles. The number of nitrogens with zero attached hydrogens (tertiary/aromatic N) is 1. The summed E-state index contributed by atoms with van der Waals surface area (Å²) >= 11 is 11.9. The summed E-state index contributed by atoms with van der Waals surface area (Å²) < 4.78 is 10.9. The summed E-state index contributed by atoms with van der Waals surface area (Å²) in [4.78, 5) is 15.4. The van der Waals surface area contributed by atoms with Crippen LogP contribution < -0.4 is 4.74 Å². The summed E-state index contributed by atoms with van der Waals surface area (Å²) in [6.07, 6.45) is 0. The lowest BCUT2D eigenvalue weighted by Crippen LogP contribution is -2.40. The topological polar surface area (TPSA) is 38.8 Å². The molecule has 30 heavy (non-hydrogen) atoms. The average Bonchev–Trinajstić information content (AvgIpc) is 2.81. The van der Waals surface area contributed by atoms with E-state index in [2.05, 4.69) is 4.90 Å². The van der Waals surface area contributed by atoms with Gasteiger partial charge in [-0.3, -0.25) is 0 Å². The van der Waals surface area contributed by atoms with Gasteiger partial charge in [-0.05, 0) is 41.5 Å². The van der Waals surface area contributed by atoms with Gasteiger partial charge in [-0.25, -0.2) is 4.79 Å². The normalized spacial score (nSPS) is 13.7. The molecular formula is C24H20ClNO3S. The fourth-order valence-corrected chi connectivity index (χ4v) is 3.78. The number of esters is 1. The minimum Gasteiger partial charge on any atom is -0.421 e. The van der Waals surface area contributed by atoms with E-state index in [0.717, 1.165) is 34.8 Å². The van der Waals surface area contributed by atoms with Crippen molar-refractivity contribution in [1.82, 2.24) is 4.90 Å². The molecule has 0 aliphatic carbocycles. The van der Waals surface area contributed by atoms with Crippen LogP contribution in [0.4, 0.5) is 0 Å². The van der Waals surface area contributed by atoms with Crippen LogP contribution in [0.15, 0.2) is 72.8 Å². The number of morpholine rings is 1. The maximum absolute atomic E-state index is 12.6. The van der Waals surface area contributed by atoms with E-state index in [4.69, 9.17) is 33.3 Å². The molecule has 4 rings (SSSR count). The number of hydrogen-bond donors (Lipinski definition) is 0. The fourth-order valence-electron chi connectivity index (χ4n) is 3.25. The van der Waals surface area contributed by atoms with Crippen molar-refractivity contribution in [2.24, 2.45) is 0 Å². The van der Waals surface area contributed by atoms with Gasteiger partial charge in [0, 0.05) is 18.7 Å². The number of carbonyl (C=O) groups excluding carboxylic acids is 1. The zero-order valence-corrected chi connectivity index (χ0v) is 17.8. The molecule has 4 nitrogen and oxygen atoms in total. The minimum atomic E-state index is -0.458. The Labute approximate surface area is 186 Å². The van der Waals surface area contributed by atoms with Crippen molar-refractivity contribution >= 4 is 34.8 Å². The molecule has 3 aromatic rings. The predicted molar refractivity (Wildman–Crippen MR) is 122 cm³/mol. The van der Waals surface area contributed by atoms with Crippen molar-refractivity contribution < 1.29 is 14.3 Å². The molecule has 0 spiro atoms. The summed E-state index contributed by atoms with van der Waals surface area (Å²) in [5.41, 5.74) is 3.40. The lowest BCUT2D eigenvalue weighted by molar-refractivity contribution is 0.0692. The molecule has 0 amide bonds. The van der Waals surface area contributed by atoms with Gasteiger partial charge < -0.3 is 14.4 Å². The zero-order valence-electron chi connectivity index (χ0n) is 16.2. The molecule has 3 aromatic carbocycles. The average molecular weight is 438 g/mol. The zero-order chi connectivity index (χ0) is 20.9. The molecule has 1 aliphatic heterocycles. The van der Waals surface area contributed by atoms with Gasteiger partial charge in [-0.1, -0.05) is 66.3 Å². The highest BCUT2D eigenvalue weighted by molar-refractivity contribution is 7.80. The summed E-state index contributed by atoms with van der Waals surface area (Å²) in [5, 5.41) is 0.345. The third-order valence-electron chi connectivity index (χ3n) is 4.91. The van der Waals surface area contributed by atoms with Gasteiger partial charge in [0.1, 0.15) is 10.7 Å². The summed E-state index contributed by atoms with van der Waals surface area (Å²) in [6, 6.07) is 22.5. The highest BCUT2D eigenvalue weighted by Crippen LogP contribution is 2.28. The lowest BCUT2D eigenvalue weighted by Gasteiger charge is -2.29. The fraction of sp³-hybridized carbons (Fsp3) is 0.167. The van der Waals surface area contributed by atoms with Crippen LogP contribution in [0, 0.1) is 0 Å². The number of benzene rings is 3. The van der Waals surface area contributed by atoms with Gasteiger partial charge in [0.05, 0.1) is 23.8 Å². The molecule has 152 valence electrons.